The zero-order valence-electron chi connectivity index (χ0n) is 20.9. The molecule has 0 bridgehead atoms. The number of nitrogens with zero attached hydrogens (tertiary/aromatic N) is 2. The average molecular weight is 593 g/mol. The highest BCUT2D eigenvalue weighted by molar-refractivity contribution is 6.30. The number of benzene rings is 2. The van der Waals surface area contributed by atoms with E-state index in [-0.39, 0.29) is 44.6 Å². The van der Waals surface area contributed by atoms with Crippen LogP contribution in [0.4, 0.5) is 26.3 Å². The molecule has 1 atom stereocenters. The number of hydrogen-bond acceptors (Lipinski definition) is 5. The Labute approximate surface area is 229 Å². The average Bonchev–Trinajstić information content (AvgIpc) is 3.19. The van der Waals surface area contributed by atoms with Crippen molar-refractivity contribution >= 4 is 35.3 Å². The van der Waals surface area contributed by atoms with Crippen LogP contribution in [-0.2, 0) is 38.0 Å². The van der Waals surface area contributed by atoms with E-state index in [0.29, 0.717) is 27.8 Å². The molecule has 1 unspecified atom stereocenters. The molecule has 1 saturated heterocycles. The summed E-state index contributed by atoms with van der Waals surface area (Å²) in [5, 5.41) is 0.803. The minimum Gasteiger partial charge on any atom is -0.338 e. The number of hydrogen-bond donors (Lipinski definition) is 0. The van der Waals surface area contributed by atoms with Crippen molar-refractivity contribution in [2.24, 2.45) is 0 Å². The van der Waals surface area contributed by atoms with Crippen molar-refractivity contribution in [2.45, 2.75) is 56.9 Å². The van der Waals surface area contributed by atoms with Gasteiger partial charge in [-0.1, -0.05) is 23.7 Å². The fourth-order valence-corrected chi connectivity index (χ4v) is 4.19. The molecular formula is C26H23ClF6N2O5. The highest BCUT2D eigenvalue weighted by Crippen LogP contribution is 2.36. The Morgan fingerprint density at radius 3 is 1.98 bits per heavy atom. The molecule has 3 amide bonds. The Bertz CT molecular complexity index is 1230. The summed E-state index contributed by atoms with van der Waals surface area (Å²) in [4.78, 5) is 54.5. The van der Waals surface area contributed by atoms with Gasteiger partial charge in [0, 0.05) is 42.9 Å². The van der Waals surface area contributed by atoms with Gasteiger partial charge in [-0.05, 0) is 55.2 Å². The molecule has 1 aliphatic heterocycles. The monoisotopic (exact) mass is 592 g/mol. The molecule has 2 aromatic carbocycles. The van der Waals surface area contributed by atoms with Crippen LogP contribution >= 0.6 is 11.6 Å². The molecule has 216 valence electrons. The van der Waals surface area contributed by atoms with Gasteiger partial charge < -0.3 is 9.74 Å². The summed E-state index contributed by atoms with van der Waals surface area (Å²) in [5.74, 6) is -3.31. The maximum Gasteiger partial charge on any atom is 0.416 e. The van der Waals surface area contributed by atoms with Crippen molar-refractivity contribution in [3.63, 3.8) is 0 Å². The molecule has 1 fully saturated rings. The lowest BCUT2D eigenvalue weighted by molar-refractivity contribution is -0.197. The summed E-state index contributed by atoms with van der Waals surface area (Å²) >= 11 is 5.90. The number of likely N-dealkylation sites (N-methyl/N-ethyl adjacent to an activating group) is 1. The number of hydroxylamine groups is 2. The minimum atomic E-state index is -5.13. The normalized spacial score (nSPS) is 14.8. The van der Waals surface area contributed by atoms with Crippen LogP contribution in [0, 0.1) is 0 Å². The summed E-state index contributed by atoms with van der Waals surface area (Å²) in [6, 6.07) is 6.28. The van der Waals surface area contributed by atoms with Crippen molar-refractivity contribution in [3.8, 4) is 0 Å². The predicted molar refractivity (Wildman–Crippen MR) is 129 cm³/mol. The first-order chi connectivity index (χ1) is 18.6. The molecule has 0 radical (unpaired) electrons. The molecule has 0 N–H and O–H groups in total. The fraction of sp³-hybridized carbons (Fsp3) is 0.385. The lowest BCUT2D eigenvalue weighted by Crippen LogP contribution is -2.39. The maximum atomic E-state index is 13.3. The van der Waals surface area contributed by atoms with Crippen LogP contribution in [0.1, 0.15) is 59.2 Å². The summed E-state index contributed by atoms with van der Waals surface area (Å²) in [5.41, 5.74) is -3.40. The molecule has 3 rings (SSSR count). The quantitative estimate of drug-likeness (QED) is 0.270. The third kappa shape index (κ3) is 7.96. The molecule has 0 aliphatic carbocycles. The number of carbonyl (C=O) groups excluding carboxylic acids is 4. The van der Waals surface area contributed by atoms with E-state index in [1.165, 1.54) is 7.05 Å². The van der Waals surface area contributed by atoms with Crippen molar-refractivity contribution in [3.05, 3.63) is 69.7 Å². The summed E-state index contributed by atoms with van der Waals surface area (Å²) in [6.07, 6.45) is -10.5. The van der Waals surface area contributed by atoms with E-state index < -0.39 is 58.8 Å². The first-order valence-corrected chi connectivity index (χ1v) is 12.3. The molecule has 0 saturated carbocycles. The third-order valence-corrected chi connectivity index (χ3v) is 6.46. The van der Waals surface area contributed by atoms with Crippen molar-refractivity contribution in [1.82, 2.24) is 9.96 Å². The van der Waals surface area contributed by atoms with Crippen LogP contribution in [0.2, 0.25) is 5.02 Å². The van der Waals surface area contributed by atoms with Crippen LogP contribution in [0.5, 0.6) is 0 Å². The van der Waals surface area contributed by atoms with Crippen LogP contribution in [0.15, 0.2) is 42.5 Å². The van der Waals surface area contributed by atoms with Gasteiger partial charge in [0.2, 0.25) is 0 Å². The van der Waals surface area contributed by atoms with Crippen LogP contribution in [-0.4, -0.2) is 46.7 Å². The third-order valence-electron chi connectivity index (χ3n) is 6.20. The standard InChI is InChI=1S/C26H23ClF6N2O5/c1-34(24(39)16-12-17(25(28,29)30)14-18(13-16)26(31,32)33)20(11-15-5-7-19(27)8-6-15)3-2-4-23(38)40-35-21(36)9-10-22(35)37/h5-8,12-14,20H,2-4,9-11H2,1H3. The van der Waals surface area contributed by atoms with Gasteiger partial charge in [0.05, 0.1) is 11.1 Å². The summed E-state index contributed by atoms with van der Waals surface area (Å²) in [6.45, 7) is 0. The second-order valence-corrected chi connectivity index (χ2v) is 9.57. The van der Waals surface area contributed by atoms with Gasteiger partial charge in [-0.15, -0.1) is 5.06 Å². The van der Waals surface area contributed by atoms with E-state index in [4.69, 9.17) is 16.4 Å². The molecule has 0 aromatic heterocycles. The lowest BCUT2D eigenvalue weighted by Gasteiger charge is -2.29. The van der Waals surface area contributed by atoms with Crippen molar-refractivity contribution < 1.29 is 50.4 Å². The van der Waals surface area contributed by atoms with Crippen LogP contribution in [0.25, 0.3) is 0 Å². The first kappa shape index (κ1) is 30.9. The fourth-order valence-electron chi connectivity index (χ4n) is 4.06. The lowest BCUT2D eigenvalue weighted by atomic mass is 9.98. The van der Waals surface area contributed by atoms with Gasteiger partial charge in [0.1, 0.15) is 0 Å². The maximum absolute atomic E-state index is 13.3. The Hall–Kier alpha value is -3.61. The topological polar surface area (TPSA) is 84.0 Å². The highest BCUT2D eigenvalue weighted by Gasteiger charge is 2.38. The van der Waals surface area contributed by atoms with E-state index in [1.807, 2.05) is 0 Å². The second-order valence-electron chi connectivity index (χ2n) is 9.13. The van der Waals surface area contributed by atoms with E-state index >= 15 is 0 Å². The number of halogens is 7. The van der Waals surface area contributed by atoms with Gasteiger partial charge >= 0.3 is 18.3 Å². The molecule has 1 heterocycles. The zero-order valence-corrected chi connectivity index (χ0v) is 21.7. The Morgan fingerprint density at radius 1 is 0.950 bits per heavy atom. The molecular weight excluding hydrogens is 570 g/mol. The second kappa shape index (κ2) is 12.3. The Kier molecular flexibility index (Phi) is 9.49. The predicted octanol–water partition coefficient (Wildman–Crippen LogP) is 5.84. The van der Waals surface area contributed by atoms with E-state index in [2.05, 4.69) is 0 Å². The van der Waals surface area contributed by atoms with Gasteiger partial charge in [-0.3, -0.25) is 14.4 Å². The number of carbonyl (C=O) groups is 4. The molecule has 40 heavy (non-hydrogen) atoms. The van der Waals surface area contributed by atoms with Crippen LogP contribution in [0.3, 0.4) is 0 Å². The smallest absolute Gasteiger partial charge is 0.338 e. The van der Waals surface area contributed by atoms with Crippen molar-refractivity contribution in [2.75, 3.05) is 7.05 Å². The number of imide groups is 1. The van der Waals surface area contributed by atoms with Crippen LogP contribution < -0.4 is 0 Å². The molecule has 0 spiro atoms. The van der Waals surface area contributed by atoms with Gasteiger partial charge in [-0.25, -0.2) is 4.79 Å². The largest absolute Gasteiger partial charge is 0.416 e. The number of amides is 3. The summed E-state index contributed by atoms with van der Waals surface area (Å²) in [7, 11) is 1.23. The number of rotatable bonds is 9. The summed E-state index contributed by atoms with van der Waals surface area (Å²) < 4.78 is 79.9. The number of alkyl halides is 6. The van der Waals surface area contributed by atoms with E-state index in [1.54, 1.807) is 24.3 Å². The highest BCUT2D eigenvalue weighted by atomic mass is 35.5. The molecule has 7 nitrogen and oxygen atoms in total. The zero-order chi connectivity index (χ0) is 29.8. The Balaban J connectivity index is 1.81. The molecule has 2 aromatic rings. The first-order valence-electron chi connectivity index (χ1n) is 11.9. The van der Waals surface area contributed by atoms with Gasteiger partial charge in [0.15, 0.2) is 0 Å². The van der Waals surface area contributed by atoms with E-state index in [0.717, 1.165) is 4.90 Å². The molecule has 1 aliphatic rings. The van der Waals surface area contributed by atoms with E-state index in [9.17, 15) is 45.5 Å². The van der Waals surface area contributed by atoms with Gasteiger partial charge in [0.25, 0.3) is 17.7 Å². The van der Waals surface area contributed by atoms with Gasteiger partial charge in [-0.2, -0.15) is 26.3 Å². The Morgan fingerprint density at radius 2 is 1.48 bits per heavy atom. The van der Waals surface area contributed by atoms with Crippen molar-refractivity contribution in [1.29, 1.82) is 0 Å². The SMILES string of the molecule is CN(C(=O)c1cc(C(F)(F)F)cc(C(F)(F)F)c1)C(CCCC(=O)ON1C(=O)CCC1=O)Cc1ccc(Cl)cc1. The minimum absolute atomic E-state index is 0.0569. The molecule has 14 heteroatoms.